The van der Waals surface area contributed by atoms with Gasteiger partial charge in [-0.2, -0.15) is 0 Å². The van der Waals surface area contributed by atoms with Crippen molar-refractivity contribution in [1.29, 1.82) is 0 Å². The average molecular weight is 291 g/mol. The summed E-state index contributed by atoms with van der Waals surface area (Å²) in [6.07, 6.45) is 1.52. The van der Waals surface area contributed by atoms with Gasteiger partial charge in [0.25, 0.3) is 5.91 Å². The summed E-state index contributed by atoms with van der Waals surface area (Å²) >= 11 is 6.20. The van der Waals surface area contributed by atoms with Crippen molar-refractivity contribution < 1.29 is 9.53 Å². The zero-order chi connectivity index (χ0) is 14.7. The maximum Gasteiger partial charge on any atom is 0.253 e. The number of nitrogens with zero attached hydrogens (tertiary/aromatic N) is 2. The molecular weight excluding hydrogens is 276 g/mol. The Morgan fingerprint density at radius 3 is 2.60 bits per heavy atom. The maximum absolute atomic E-state index is 12.2. The molecule has 0 aliphatic heterocycles. The Kier molecular flexibility index (Phi) is 4.25. The van der Waals surface area contributed by atoms with Gasteiger partial charge in [0.1, 0.15) is 0 Å². The summed E-state index contributed by atoms with van der Waals surface area (Å²) < 4.78 is 5.11. The van der Waals surface area contributed by atoms with E-state index in [1.807, 2.05) is 18.2 Å². The lowest BCUT2D eigenvalue weighted by Gasteiger charge is -2.15. The predicted octanol–water partition coefficient (Wildman–Crippen LogP) is 3.11. The lowest BCUT2D eigenvalue weighted by Crippen LogP contribution is -2.22. The first-order chi connectivity index (χ1) is 9.54. The third-order valence-electron chi connectivity index (χ3n) is 2.89. The number of aromatic nitrogens is 1. The van der Waals surface area contributed by atoms with Crippen LogP contribution in [0.3, 0.4) is 0 Å². The fourth-order valence-corrected chi connectivity index (χ4v) is 2.09. The van der Waals surface area contributed by atoms with Gasteiger partial charge < -0.3 is 9.64 Å². The highest BCUT2D eigenvalue weighted by atomic mass is 35.5. The molecule has 0 saturated heterocycles. The van der Waals surface area contributed by atoms with Crippen LogP contribution in [0.2, 0.25) is 5.02 Å². The molecule has 0 N–H and O–H groups in total. The molecule has 104 valence electrons. The van der Waals surface area contributed by atoms with Gasteiger partial charge in [-0.15, -0.1) is 0 Å². The quantitative estimate of drug-likeness (QED) is 0.872. The molecule has 1 amide bonds. The lowest BCUT2D eigenvalue weighted by molar-refractivity contribution is 0.0828. The first-order valence-electron chi connectivity index (χ1n) is 6.05. The fraction of sp³-hybridized carbons (Fsp3) is 0.200. The van der Waals surface area contributed by atoms with Crippen LogP contribution in [0.4, 0.5) is 0 Å². The van der Waals surface area contributed by atoms with E-state index in [0.717, 1.165) is 11.1 Å². The minimum absolute atomic E-state index is 0.0764. The second kappa shape index (κ2) is 5.92. The van der Waals surface area contributed by atoms with Gasteiger partial charge in [0.15, 0.2) is 0 Å². The van der Waals surface area contributed by atoms with Gasteiger partial charge in [0.2, 0.25) is 5.88 Å². The molecule has 5 heteroatoms. The number of halogens is 1. The van der Waals surface area contributed by atoms with E-state index >= 15 is 0 Å². The van der Waals surface area contributed by atoms with E-state index in [1.165, 1.54) is 18.2 Å². The van der Waals surface area contributed by atoms with E-state index in [1.54, 1.807) is 26.2 Å². The molecule has 0 aliphatic rings. The lowest BCUT2D eigenvalue weighted by atomic mass is 9.99. The minimum atomic E-state index is -0.0764. The SMILES string of the molecule is COc1cc(-c2ccccc2C(=O)N(C)C)c(Cl)cn1. The topological polar surface area (TPSA) is 42.4 Å². The standard InChI is InChI=1S/C15H15ClN2O2/c1-18(2)15(19)11-7-5-4-6-10(11)12-8-14(20-3)17-9-13(12)16/h4-9H,1-3H3. The summed E-state index contributed by atoms with van der Waals surface area (Å²) in [6.45, 7) is 0. The van der Waals surface area contributed by atoms with Gasteiger partial charge in [-0.25, -0.2) is 4.98 Å². The van der Waals surface area contributed by atoms with Crippen LogP contribution >= 0.6 is 11.6 Å². The molecule has 1 aromatic heterocycles. The van der Waals surface area contributed by atoms with Crippen LogP contribution in [0.1, 0.15) is 10.4 Å². The Balaban J connectivity index is 2.61. The first-order valence-corrected chi connectivity index (χ1v) is 6.43. The van der Waals surface area contributed by atoms with Crippen LogP contribution < -0.4 is 4.74 Å². The molecule has 1 aromatic carbocycles. The van der Waals surface area contributed by atoms with E-state index in [-0.39, 0.29) is 5.91 Å². The molecule has 1 heterocycles. The highest BCUT2D eigenvalue weighted by Gasteiger charge is 2.16. The van der Waals surface area contributed by atoms with Crippen molar-refractivity contribution >= 4 is 17.5 Å². The van der Waals surface area contributed by atoms with Crippen molar-refractivity contribution in [3.63, 3.8) is 0 Å². The Morgan fingerprint density at radius 1 is 1.25 bits per heavy atom. The van der Waals surface area contributed by atoms with Crippen LogP contribution in [0, 0.1) is 0 Å². The molecule has 0 unspecified atom stereocenters. The zero-order valence-electron chi connectivity index (χ0n) is 11.6. The molecule has 0 fully saturated rings. The van der Waals surface area contributed by atoms with Gasteiger partial charge in [0.05, 0.1) is 18.3 Å². The Morgan fingerprint density at radius 2 is 1.95 bits per heavy atom. The number of amides is 1. The number of hydrogen-bond donors (Lipinski definition) is 0. The smallest absolute Gasteiger partial charge is 0.253 e. The molecule has 0 saturated carbocycles. The summed E-state index contributed by atoms with van der Waals surface area (Å²) in [5.41, 5.74) is 2.08. The molecule has 2 rings (SSSR count). The summed E-state index contributed by atoms with van der Waals surface area (Å²) in [5.74, 6) is 0.379. The van der Waals surface area contributed by atoms with Crippen molar-refractivity contribution in [3.8, 4) is 17.0 Å². The van der Waals surface area contributed by atoms with Crippen molar-refractivity contribution in [2.24, 2.45) is 0 Å². The molecule has 0 spiro atoms. The van der Waals surface area contributed by atoms with E-state index < -0.39 is 0 Å². The summed E-state index contributed by atoms with van der Waals surface area (Å²) in [4.78, 5) is 17.8. The second-order valence-corrected chi connectivity index (χ2v) is 4.86. The van der Waals surface area contributed by atoms with Gasteiger partial charge >= 0.3 is 0 Å². The summed E-state index contributed by atoms with van der Waals surface area (Å²) in [6, 6.07) is 9.06. The van der Waals surface area contributed by atoms with E-state index in [4.69, 9.17) is 16.3 Å². The van der Waals surface area contributed by atoms with E-state index in [9.17, 15) is 4.79 Å². The third kappa shape index (κ3) is 2.75. The number of carbonyl (C=O) groups is 1. The largest absolute Gasteiger partial charge is 0.481 e. The second-order valence-electron chi connectivity index (χ2n) is 4.45. The number of pyridine rings is 1. The van der Waals surface area contributed by atoms with Crippen molar-refractivity contribution in [2.45, 2.75) is 0 Å². The molecule has 2 aromatic rings. The molecule has 0 bridgehead atoms. The zero-order valence-corrected chi connectivity index (χ0v) is 12.3. The molecule has 4 nitrogen and oxygen atoms in total. The van der Waals surface area contributed by atoms with Crippen molar-refractivity contribution in [1.82, 2.24) is 9.88 Å². The highest BCUT2D eigenvalue weighted by Crippen LogP contribution is 2.32. The monoisotopic (exact) mass is 290 g/mol. The molecule has 20 heavy (non-hydrogen) atoms. The first kappa shape index (κ1) is 14.3. The van der Waals surface area contributed by atoms with Crippen LogP contribution in [0.25, 0.3) is 11.1 Å². The average Bonchev–Trinajstić information content (AvgIpc) is 2.47. The minimum Gasteiger partial charge on any atom is -0.481 e. The van der Waals surface area contributed by atoms with E-state index in [2.05, 4.69) is 4.98 Å². The number of benzene rings is 1. The normalized spacial score (nSPS) is 10.2. The number of ether oxygens (including phenoxy) is 1. The van der Waals surface area contributed by atoms with Crippen LogP contribution in [0.5, 0.6) is 5.88 Å². The molecule has 0 aliphatic carbocycles. The van der Waals surface area contributed by atoms with Gasteiger partial charge in [-0.1, -0.05) is 29.8 Å². The van der Waals surface area contributed by atoms with Gasteiger partial charge in [-0.05, 0) is 11.6 Å². The maximum atomic E-state index is 12.2. The Bertz CT molecular complexity index is 642. The van der Waals surface area contributed by atoms with Gasteiger partial charge in [-0.3, -0.25) is 4.79 Å². The van der Waals surface area contributed by atoms with Crippen molar-refractivity contribution in [3.05, 3.63) is 47.1 Å². The molecule has 0 radical (unpaired) electrons. The highest BCUT2D eigenvalue weighted by molar-refractivity contribution is 6.33. The fourth-order valence-electron chi connectivity index (χ4n) is 1.88. The van der Waals surface area contributed by atoms with Crippen LogP contribution in [-0.4, -0.2) is 37.0 Å². The van der Waals surface area contributed by atoms with Crippen molar-refractivity contribution in [2.75, 3.05) is 21.2 Å². The molecule has 0 atom stereocenters. The number of hydrogen-bond acceptors (Lipinski definition) is 3. The predicted molar refractivity (Wildman–Crippen MR) is 79.3 cm³/mol. The van der Waals surface area contributed by atoms with Gasteiger partial charge in [0, 0.05) is 31.3 Å². The van der Waals surface area contributed by atoms with Crippen LogP contribution in [-0.2, 0) is 0 Å². The van der Waals surface area contributed by atoms with Crippen LogP contribution in [0.15, 0.2) is 36.5 Å². The summed E-state index contributed by atoms with van der Waals surface area (Å²) in [7, 11) is 4.97. The Hall–Kier alpha value is -2.07. The van der Waals surface area contributed by atoms with E-state index in [0.29, 0.717) is 16.5 Å². The number of methoxy groups -OCH3 is 1. The number of rotatable bonds is 3. The third-order valence-corrected chi connectivity index (χ3v) is 3.19. The summed E-state index contributed by atoms with van der Waals surface area (Å²) in [5, 5.41) is 0.477. The Labute approximate surface area is 123 Å². The number of carbonyl (C=O) groups excluding carboxylic acids is 1. The molecular formula is C15H15ClN2O2.